The minimum Gasteiger partial charge on any atom is -0.452 e. The van der Waals surface area contributed by atoms with E-state index in [1.807, 2.05) is 30.3 Å². The molecule has 3 rings (SSSR count). The number of anilines is 3. The van der Waals surface area contributed by atoms with Gasteiger partial charge in [0.2, 0.25) is 0 Å². The second-order valence-electron chi connectivity index (χ2n) is 5.96. The summed E-state index contributed by atoms with van der Waals surface area (Å²) in [5, 5.41) is 16.3. The Bertz CT molecular complexity index is 1020. The van der Waals surface area contributed by atoms with Crippen molar-refractivity contribution in [2.75, 3.05) is 17.2 Å². The van der Waals surface area contributed by atoms with Gasteiger partial charge in [0.1, 0.15) is 0 Å². The topological polar surface area (TPSA) is 111 Å². The van der Waals surface area contributed by atoms with Crippen molar-refractivity contribution in [2.45, 2.75) is 0 Å². The lowest BCUT2D eigenvalue weighted by molar-refractivity contribution is -0.384. The summed E-state index contributed by atoms with van der Waals surface area (Å²) >= 11 is 0. The monoisotopic (exact) mass is 391 g/mol. The van der Waals surface area contributed by atoms with Gasteiger partial charge in [-0.05, 0) is 36.4 Å². The van der Waals surface area contributed by atoms with E-state index in [1.54, 1.807) is 24.3 Å². The van der Waals surface area contributed by atoms with Crippen molar-refractivity contribution < 1.29 is 19.2 Å². The lowest BCUT2D eigenvalue weighted by Gasteiger charge is -2.12. The Labute approximate surface area is 166 Å². The first-order chi connectivity index (χ1) is 14.0. The van der Waals surface area contributed by atoms with E-state index in [1.165, 1.54) is 24.3 Å². The van der Waals surface area contributed by atoms with E-state index in [9.17, 15) is 19.7 Å². The third-order valence-corrected chi connectivity index (χ3v) is 3.90. The molecule has 3 aromatic rings. The van der Waals surface area contributed by atoms with Crippen LogP contribution in [0.3, 0.4) is 0 Å². The van der Waals surface area contributed by atoms with Crippen molar-refractivity contribution in [3.63, 3.8) is 0 Å². The minimum atomic E-state index is -0.650. The van der Waals surface area contributed by atoms with Gasteiger partial charge in [-0.25, -0.2) is 4.79 Å². The van der Waals surface area contributed by atoms with E-state index in [0.29, 0.717) is 16.9 Å². The molecule has 146 valence electrons. The molecule has 2 N–H and O–H groups in total. The van der Waals surface area contributed by atoms with Crippen LogP contribution in [-0.4, -0.2) is 23.4 Å². The molecule has 0 bridgehead atoms. The fourth-order valence-corrected chi connectivity index (χ4v) is 2.52. The highest BCUT2D eigenvalue weighted by molar-refractivity contribution is 5.99. The summed E-state index contributed by atoms with van der Waals surface area (Å²) in [6, 6.07) is 21.5. The first kappa shape index (κ1) is 19.6. The van der Waals surface area contributed by atoms with Crippen molar-refractivity contribution in [3.8, 4) is 0 Å². The SMILES string of the molecule is O=C(COC(=O)c1ccccc1Nc1ccccc1)Nc1ccc([N+](=O)[O-])cc1. The number of rotatable bonds is 7. The molecule has 8 nitrogen and oxygen atoms in total. The van der Waals surface area contributed by atoms with Crippen LogP contribution in [0.15, 0.2) is 78.9 Å². The van der Waals surface area contributed by atoms with Gasteiger partial charge in [-0.3, -0.25) is 14.9 Å². The van der Waals surface area contributed by atoms with Gasteiger partial charge in [0.05, 0.1) is 16.2 Å². The fourth-order valence-electron chi connectivity index (χ4n) is 2.52. The van der Waals surface area contributed by atoms with Crippen LogP contribution in [0.1, 0.15) is 10.4 Å². The number of para-hydroxylation sites is 2. The molecule has 29 heavy (non-hydrogen) atoms. The zero-order valence-corrected chi connectivity index (χ0v) is 15.2. The molecule has 0 unspecified atom stereocenters. The Morgan fingerprint density at radius 1 is 0.862 bits per heavy atom. The number of hydrogen-bond acceptors (Lipinski definition) is 6. The summed E-state index contributed by atoms with van der Waals surface area (Å²) in [6.07, 6.45) is 0. The maximum atomic E-state index is 12.4. The number of nitro groups is 1. The van der Waals surface area contributed by atoms with E-state index in [0.717, 1.165) is 5.69 Å². The molecule has 0 heterocycles. The van der Waals surface area contributed by atoms with E-state index in [4.69, 9.17) is 4.74 Å². The maximum Gasteiger partial charge on any atom is 0.340 e. The number of nitro benzene ring substituents is 1. The largest absolute Gasteiger partial charge is 0.452 e. The van der Waals surface area contributed by atoms with Crippen LogP contribution in [0.5, 0.6) is 0 Å². The molecule has 8 heteroatoms. The number of benzene rings is 3. The molecule has 0 fully saturated rings. The van der Waals surface area contributed by atoms with Gasteiger partial charge in [0.15, 0.2) is 6.61 Å². The number of hydrogen-bond donors (Lipinski definition) is 2. The number of carbonyl (C=O) groups is 2. The second kappa shape index (κ2) is 9.14. The van der Waals surface area contributed by atoms with E-state index in [-0.39, 0.29) is 5.69 Å². The van der Waals surface area contributed by atoms with Gasteiger partial charge in [-0.2, -0.15) is 0 Å². The maximum absolute atomic E-state index is 12.4. The van der Waals surface area contributed by atoms with Crippen LogP contribution in [0.25, 0.3) is 0 Å². The number of amides is 1. The van der Waals surface area contributed by atoms with E-state index >= 15 is 0 Å². The summed E-state index contributed by atoms with van der Waals surface area (Å²) in [4.78, 5) is 34.5. The molecule has 0 aromatic heterocycles. The normalized spacial score (nSPS) is 10.1. The average Bonchev–Trinajstić information content (AvgIpc) is 2.73. The van der Waals surface area contributed by atoms with E-state index < -0.39 is 23.4 Å². The van der Waals surface area contributed by atoms with Crippen molar-refractivity contribution in [3.05, 3.63) is 94.5 Å². The van der Waals surface area contributed by atoms with Gasteiger partial charge in [-0.1, -0.05) is 30.3 Å². The fraction of sp³-hybridized carbons (Fsp3) is 0.0476. The zero-order chi connectivity index (χ0) is 20.6. The molecule has 0 atom stereocenters. The van der Waals surface area contributed by atoms with Gasteiger partial charge >= 0.3 is 5.97 Å². The van der Waals surface area contributed by atoms with Gasteiger partial charge in [0, 0.05) is 23.5 Å². The summed E-state index contributed by atoms with van der Waals surface area (Å²) in [7, 11) is 0. The number of non-ortho nitro benzene ring substituents is 1. The van der Waals surface area contributed by atoms with Gasteiger partial charge in [0.25, 0.3) is 11.6 Å². The predicted molar refractivity (Wildman–Crippen MR) is 108 cm³/mol. The Morgan fingerprint density at radius 3 is 2.21 bits per heavy atom. The molecule has 3 aromatic carbocycles. The Hall–Kier alpha value is -4.20. The summed E-state index contributed by atoms with van der Waals surface area (Å²) in [5.74, 6) is -1.21. The van der Waals surface area contributed by atoms with Gasteiger partial charge < -0.3 is 15.4 Å². The summed E-state index contributed by atoms with van der Waals surface area (Å²) in [6.45, 7) is -0.491. The smallest absolute Gasteiger partial charge is 0.340 e. The average molecular weight is 391 g/mol. The molecule has 0 saturated carbocycles. The van der Waals surface area contributed by atoms with Crippen molar-refractivity contribution in [1.82, 2.24) is 0 Å². The van der Waals surface area contributed by atoms with Crippen molar-refractivity contribution in [1.29, 1.82) is 0 Å². The van der Waals surface area contributed by atoms with Crippen LogP contribution in [0.2, 0.25) is 0 Å². The zero-order valence-electron chi connectivity index (χ0n) is 15.2. The highest BCUT2D eigenvalue weighted by Crippen LogP contribution is 2.21. The highest BCUT2D eigenvalue weighted by atomic mass is 16.6. The minimum absolute atomic E-state index is 0.0862. The number of nitrogens with zero attached hydrogens (tertiary/aromatic N) is 1. The molecular weight excluding hydrogens is 374 g/mol. The molecule has 0 saturated heterocycles. The van der Waals surface area contributed by atoms with Crippen LogP contribution in [0.4, 0.5) is 22.7 Å². The predicted octanol–water partition coefficient (Wildman–Crippen LogP) is 4.13. The quantitative estimate of drug-likeness (QED) is 0.356. The van der Waals surface area contributed by atoms with Crippen LogP contribution in [0, 0.1) is 10.1 Å². The van der Waals surface area contributed by atoms with Crippen LogP contribution in [-0.2, 0) is 9.53 Å². The number of ether oxygens (including phenoxy) is 1. The molecule has 0 spiro atoms. The first-order valence-electron chi connectivity index (χ1n) is 8.65. The molecule has 0 radical (unpaired) electrons. The molecule has 0 aliphatic carbocycles. The highest BCUT2D eigenvalue weighted by Gasteiger charge is 2.15. The Morgan fingerprint density at radius 2 is 1.52 bits per heavy atom. The van der Waals surface area contributed by atoms with Crippen LogP contribution >= 0.6 is 0 Å². The van der Waals surface area contributed by atoms with E-state index in [2.05, 4.69) is 10.6 Å². The molecule has 0 aliphatic heterocycles. The molecular formula is C21H17N3O5. The number of nitrogens with one attached hydrogen (secondary N) is 2. The van der Waals surface area contributed by atoms with Crippen molar-refractivity contribution in [2.24, 2.45) is 0 Å². The summed E-state index contributed by atoms with van der Waals surface area (Å²) < 4.78 is 5.10. The second-order valence-corrected chi connectivity index (χ2v) is 5.96. The Balaban J connectivity index is 1.59. The lowest BCUT2D eigenvalue weighted by atomic mass is 10.1. The molecule has 0 aliphatic rings. The van der Waals surface area contributed by atoms with Gasteiger partial charge in [-0.15, -0.1) is 0 Å². The summed E-state index contributed by atoms with van der Waals surface area (Å²) in [5.41, 5.74) is 1.93. The number of esters is 1. The standard InChI is InChI=1S/C21H17N3O5/c25-20(23-16-10-12-17(13-11-16)24(27)28)14-29-21(26)18-8-4-5-9-19(18)22-15-6-2-1-3-7-15/h1-13,22H,14H2,(H,23,25). The third kappa shape index (κ3) is 5.39. The van der Waals surface area contributed by atoms with Crippen molar-refractivity contribution >= 4 is 34.6 Å². The lowest BCUT2D eigenvalue weighted by Crippen LogP contribution is -2.21. The third-order valence-electron chi connectivity index (χ3n) is 3.90. The van der Waals surface area contributed by atoms with Crippen LogP contribution < -0.4 is 10.6 Å². The Kier molecular flexibility index (Phi) is 6.16. The number of carbonyl (C=O) groups excluding carboxylic acids is 2. The molecule has 1 amide bonds. The first-order valence-corrected chi connectivity index (χ1v) is 8.65.